The second kappa shape index (κ2) is 6.17. The van der Waals surface area contributed by atoms with Crippen LogP contribution >= 0.6 is 43.2 Å². The Hall–Kier alpha value is -0.120. The van der Waals surface area contributed by atoms with E-state index in [1.807, 2.05) is 11.3 Å². The van der Waals surface area contributed by atoms with Crippen molar-refractivity contribution in [1.29, 1.82) is 0 Å². The van der Waals surface area contributed by atoms with Crippen LogP contribution in [0.2, 0.25) is 0 Å². The van der Waals surface area contributed by atoms with Crippen molar-refractivity contribution in [3.05, 3.63) is 56.2 Å². The molecule has 0 aliphatic carbocycles. The van der Waals surface area contributed by atoms with Gasteiger partial charge in [-0.25, -0.2) is 0 Å². The molecule has 2 rings (SSSR count). The van der Waals surface area contributed by atoms with E-state index >= 15 is 0 Å². The zero-order valence-electron chi connectivity index (χ0n) is 9.62. The van der Waals surface area contributed by atoms with Crippen LogP contribution in [0.3, 0.4) is 0 Å². The van der Waals surface area contributed by atoms with Crippen LogP contribution in [0.5, 0.6) is 0 Å². The van der Waals surface area contributed by atoms with Gasteiger partial charge in [-0.3, -0.25) is 0 Å². The molecular formula is C14H14Br2S. The molecular weight excluding hydrogens is 360 g/mol. The highest BCUT2D eigenvalue weighted by Gasteiger charge is 2.12. The van der Waals surface area contributed by atoms with Gasteiger partial charge in [0.1, 0.15) is 0 Å². The molecule has 0 aliphatic heterocycles. The number of hydrogen-bond acceptors (Lipinski definition) is 1. The molecule has 0 radical (unpaired) electrons. The lowest BCUT2D eigenvalue weighted by Gasteiger charge is -2.13. The van der Waals surface area contributed by atoms with Gasteiger partial charge in [0.05, 0.1) is 3.79 Å². The molecule has 0 spiro atoms. The van der Waals surface area contributed by atoms with Crippen LogP contribution in [-0.2, 0) is 6.42 Å². The number of benzene rings is 1. The minimum atomic E-state index is 0.557. The Bertz CT molecular complexity index is 473. The van der Waals surface area contributed by atoms with Gasteiger partial charge in [0.2, 0.25) is 0 Å². The highest BCUT2D eigenvalue weighted by Crippen LogP contribution is 2.29. The maximum atomic E-state index is 3.63. The summed E-state index contributed by atoms with van der Waals surface area (Å²) in [6, 6.07) is 13.2. The minimum absolute atomic E-state index is 0.557. The fraction of sp³-hybridized carbons (Fsp3) is 0.286. The predicted molar refractivity (Wildman–Crippen MR) is 83.4 cm³/mol. The number of alkyl halides is 1. The number of halogens is 2. The van der Waals surface area contributed by atoms with E-state index in [-0.39, 0.29) is 0 Å². The molecule has 2 aromatic rings. The van der Waals surface area contributed by atoms with Crippen molar-refractivity contribution in [2.75, 3.05) is 5.33 Å². The Kier molecular flexibility index (Phi) is 4.83. The Morgan fingerprint density at radius 3 is 2.35 bits per heavy atom. The van der Waals surface area contributed by atoms with Gasteiger partial charge in [0, 0.05) is 10.2 Å². The van der Waals surface area contributed by atoms with E-state index in [4.69, 9.17) is 0 Å². The van der Waals surface area contributed by atoms with Gasteiger partial charge >= 0.3 is 0 Å². The average molecular weight is 374 g/mol. The molecule has 1 aromatic carbocycles. The molecule has 17 heavy (non-hydrogen) atoms. The largest absolute Gasteiger partial charge is 0.133 e. The molecule has 0 bridgehead atoms. The van der Waals surface area contributed by atoms with Crippen molar-refractivity contribution in [1.82, 2.24) is 0 Å². The molecule has 0 saturated heterocycles. The Morgan fingerprint density at radius 2 is 1.82 bits per heavy atom. The molecule has 0 nitrogen and oxygen atoms in total. The lowest BCUT2D eigenvalue weighted by molar-refractivity contribution is 0.785. The van der Waals surface area contributed by atoms with E-state index in [2.05, 4.69) is 75.2 Å². The van der Waals surface area contributed by atoms with Gasteiger partial charge in [-0.1, -0.05) is 45.8 Å². The summed E-state index contributed by atoms with van der Waals surface area (Å²) in [5.74, 6) is 0.557. The molecule has 0 aliphatic rings. The fourth-order valence-electron chi connectivity index (χ4n) is 1.80. The maximum Gasteiger partial charge on any atom is 0.0701 e. The summed E-state index contributed by atoms with van der Waals surface area (Å²) < 4.78 is 1.21. The van der Waals surface area contributed by atoms with E-state index in [0.29, 0.717) is 5.92 Å². The van der Waals surface area contributed by atoms with Gasteiger partial charge in [-0.15, -0.1) is 11.3 Å². The zero-order valence-corrected chi connectivity index (χ0v) is 13.6. The van der Waals surface area contributed by atoms with E-state index in [1.54, 1.807) is 0 Å². The summed E-state index contributed by atoms with van der Waals surface area (Å²) in [6.45, 7) is 2.13. The van der Waals surface area contributed by atoms with Crippen LogP contribution in [-0.4, -0.2) is 5.33 Å². The number of hydrogen-bond donors (Lipinski definition) is 0. The van der Waals surface area contributed by atoms with Crippen LogP contribution in [0.1, 0.15) is 21.9 Å². The minimum Gasteiger partial charge on any atom is -0.133 e. The van der Waals surface area contributed by atoms with Crippen molar-refractivity contribution >= 4 is 43.2 Å². The molecule has 1 aromatic heterocycles. The van der Waals surface area contributed by atoms with Crippen molar-refractivity contribution in [3.63, 3.8) is 0 Å². The van der Waals surface area contributed by atoms with Gasteiger partial charge in [-0.2, -0.15) is 0 Å². The molecule has 0 saturated carbocycles. The number of rotatable bonds is 4. The third-order valence-corrected chi connectivity index (χ3v) is 5.24. The quantitative estimate of drug-likeness (QED) is 0.617. The Labute approximate surface area is 123 Å². The molecule has 3 heteroatoms. The first kappa shape index (κ1) is 13.3. The number of thiophene rings is 1. The van der Waals surface area contributed by atoms with Crippen molar-refractivity contribution in [2.45, 2.75) is 19.3 Å². The molecule has 1 heterocycles. The van der Waals surface area contributed by atoms with Crippen LogP contribution in [0, 0.1) is 6.92 Å². The smallest absolute Gasteiger partial charge is 0.0701 e. The lowest BCUT2D eigenvalue weighted by atomic mass is 9.96. The second-order valence-corrected chi connectivity index (χ2v) is 7.37. The molecule has 1 atom stereocenters. The molecule has 1 unspecified atom stereocenters. The molecule has 0 N–H and O–H groups in total. The van der Waals surface area contributed by atoms with Crippen LogP contribution in [0.25, 0.3) is 0 Å². The standard InChI is InChI=1S/C14H14Br2S/c1-10-2-4-11(5-3-10)12(9-15)8-13-6-7-14(16)17-13/h2-7,12H,8-9H2,1H3. The third kappa shape index (κ3) is 3.67. The summed E-state index contributed by atoms with van der Waals surface area (Å²) in [4.78, 5) is 1.43. The highest BCUT2D eigenvalue weighted by molar-refractivity contribution is 9.11. The van der Waals surface area contributed by atoms with Crippen LogP contribution < -0.4 is 0 Å². The summed E-state index contributed by atoms with van der Waals surface area (Å²) in [6.07, 6.45) is 1.10. The molecule has 0 fully saturated rings. The fourth-order valence-corrected chi connectivity index (χ4v) is 3.97. The first-order valence-electron chi connectivity index (χ1n) is 5.56. The van der Waals surface area contributed by atoms with E-state index in [0.717, 1.165) is 11.8 Å². The third-order valence-electron chi connectivity index (χ3n) is 2.81. The summed E-state index contributed by atoms with van der Waals surface area (Å²) in [5, 5.41) is 1.01. The normalized spacial score (nSPS) is 12.6. The SMILES string of the molecule is Cc1ccc(C(CBr)Cc2ccc(Br)s2)cc1. The predicted octanol–water partition coefficient (Wildman–Crippen LogP) is 5.54. The van der Waals surface area contributed by atoms with Crippen LogP contribution in [0.4, 0.5) is 0 Å². The topological polar surface area (TPSA) is 0 Å². The van der Waals surface area contributed by atoms with Gasteiger partial charge in [-0.05, 0) is 52.9 Å². The first-order valence-corrected chi connectivity index (χ1v) is 8.29. The van der Waals surface area contributed by atoms with Crippen molar-refractivity contribution < 1.29 is 0 Å². The zero-order chi connectivity index (χ0) is 12.3. The number of aryl methyl sites for hydroxylation is 1. The monoisotopic (exact) mass is 372 g/mol. The van der Waals surface area contributed by atoms with Gasteiger partial charge < -0.3 is 0 Å². The summed E-state index contributed by atoms with van der Waals surface area (Å²) in [5.41, 5.74) is 2.73. The van der Waals surface area contributed by atoms with Gasteiger partial charge in [0.25, 0.3) is 0 Å². The summed E-state index contributed by atoms with van der Waals surface area (Å²) in [7, 11) is 0. The van der Waals surface area contributed by atoms with E-state index < -0.39 is 0 Å². The van der Waals surface area contributed by atoms with E-state index in [9.17, 15) is 0 Å². The average Bonchev–Trinajstić information content (AvgIpc) is 2.73. The first-order chi connectivity index (χ1) is 8.19. The van der Waals surface area contributed by atoms with Crippen molar-refractivity contribution in [3.8, 4) is 0 Å². The Morgan fingerprint density at radius 1 is 1.12 bits per heavy atom. The summed E-state index contributed by atoms with van der Waals surface area (Å²) >= 11 is 8.97. The second-order valence-electron chi connectivity index (χ2n) is 4.17. The van der Waals surface area contributed by atoms with Gasteiger partial charge in [0.15, 0.2) is 0 Å². The molecule has 90 valence electrons. The maximum absolute atomic E-state index is 3.63. The van der Waals surface area contributed by atoms with Crippen molar-refractivity contribution in [2.24, 2.45) is 0 Å². The van der Waals surface area contributed by atoms with E-state index in [1.165, 1.54) is 19.8 Å². The lowest BCUT2D eigenvalue weighted by Crippen LogP contribution is -2.03. The Balaban J connectivity index is 2.13. The highest BCUT2D eigenvalue weighted by atomic mass is 79.9. The van der Waals surface area contributed by atoms with Crippen LogP contribution in [0.15, 0.2) is 40.2 Å². The molecule has 0 amide bonds.